The number of fused-ring (bicyclic) bond motifs is 1. The van der Waals surface area contributed by atoms with Crippen molar-refractivity contribution in [2.24, 2.45) is 11.8 Å². The fourth-order valence-electron chi connectivity index (χ4n) is 5.71. The maximum Gasteiger partial charge on any atom is 0.459 e. The third-order valence-corrected chi connectivity index (χ3v) is 10.2. The summed E-state index contributed by atoms with van der Waals surface area (Å²) in [5.74, 6) is -3.07. The number of nitrogens with two attached hydrogens (primary N) is 1. The number of esters is 3. The maximum atomic E-state index is 14.5. The van der Waals surface area contributed by atoms with E-state index in [1.54, 1.807) is 58.0 Å². The minimum atomic E-state index is -4.54. The van der Waals surface area contributed by atoms with E-state index in [4.69, 9.17) is 33.7 Å². The molecular formula is C34H43N6O10P. The largest absolute Gasteiger partial charge is 0.461 e. The molecule has 51 heavy (non-hydrogen) atoms. The van der Waals surface area contributed by atoms with E-state index in [1.165, 1.54) is 29.9 Å². The van der Waals surface area contributed by atoms with Gasteiger partial charge in [-0.2, -0.15) is 15.4 Å². The van der Waals surface area contributed by atoms with Crippen LogP contribution in [0.25, 0.3) is 5.52 Å². The number of para-hydroxylation sites is 1. The molecule has 1 aliphatic heterocycles. The highest BCUT2D eigenvalue weighted by Crippen LogP contribution is 2.50. The van der Waals surface area contributed by atoms with Gasteiger partial charge in [0.25, 0.3) is 0 Å². The van der Waals surface area contributed by atoms with Crippen molar-refractivity contribution in [2.45, 2.75) is 96.4 Å². The standard InChI is InChI=1S/C34H43N6O10P/c1-20(2)31(41)47-28-27(25-15-16-26-30(36)37-19-38-40(25)26)49-34(17-35,29(28)48-32(42)21(3)4)18-45-51(44,50-24-13-7-6-8-14-24)39-22(5)33(43)46-23-11-9-10-12-23/h6-8,13-16,19-23,27-29H,9-12,18H2,1-5H3,(H,39,44)(H2,36,37,38)/t22?,27-,28-,29-,34+,51?/m0/s1. The fourth-order valence-corrected chi connectivity index (χ4v) is 7.23. The van der Waals surface area contributed by atoms with Gasteiger partial charge in [-0.25, -0.2) is 14.1 Å². The summed E-state index contributed by atoms with van der Waals surface area (Å²) >= 11 is 0. The van der Waals surface area contributed by atoms with Crippen LogP contribution in [0.2, 0.25) is 0 Å². The first-order valence-electron chi connectivity index (χ1n) is 16.8. The van der Waals surface area contributed by atoms with E-state index in [0.717, 1.165) is 25.7 Å². The lowest BCUT2D eigenvalue weighted by Gasteiger charge is -2.31. The predicted octanol–water partition coefficient (Wildman–Crippen LogP) is 4.45. The fraction of sp³-hybridized carbons (Fsp3) is 0.529. The molecule has 5 rings (SSSR count). The second-order valence-corrected chi connectivity index (χ2v) is 14.9. The van der Waals surface area contributed by atoms with Crippen LogP contribution in [0.4, 0.5) is 5.82 Å². The van der Waals surface area contributed by atoms with Crippen molar-refractivity contribution in [1.29, 1.82) is 5.26 Å². The third-order valence-electron chi connectivity index (χ3n) is 8.53. The predicted molar refractivity (Wildman–Crippen MR) is 181 cm³/mol. The Hall–Kier alpha value is -4.55. The smallest absolute Gasteiger partial charge is 0.459 e. The molecular weight excluding hydrogens is 683 g/mol. The Kier molecular flexibility index (Phi) is 11.7. The number of nitrogens with zero attached hydrogens (tertiary/aromatic N) is 4. The number of rotatable bonds is 14. The Morgan fingerprint density at radius 1 is 1.02 bits per heavy atom. The summed E-state index contributed by atoms with van der Waals surface area (Å²) in [7, 11) is -4.54. The Morgan fingerprint density at radius 3 is 2.33 bits per heavy atom. The van der Waals surface area contributed by atoms with Gasteiger partial charge in [0.05, 0.1) is 17.5 Å². The molecule has 16 nitrogen and oxygen atoms in total. The van der Waals surface area contributed by atoms with Gasteiger partial charge in [-0.15, -0.1) is 0 Å². The molecule has 1 aliphatic carbocycles. The number of carbonyl (C=O) groups excluding carboxylic acids is 3. The number of benzene rings is 1. The summed E-state index contributed by atoms with van der Waals surface area (Å²) in [5.41, 5.74) is 4.51. The molecule has 0 radical (unpaired) electrons. The molecule has 2 unspecified atom stereocenters. The number of ether oxygens (including phenoxy) is 4. The molecule has 6 atom stereocenters. The normalized spacial score (nSPS) is 23.8. The molecule has 3 aromatic rings. The van der Waals surface area contributed by atoms with E-state index in [2.05, 4.69) is 15.2 Å². The summed E-state index contributed by atoms with van der Waals surface area (Å²) in [4.78, 5) is 43.3. The molecule has 17 heteroatoms. The van der Waals surface area contributed by atoms with E-state index in [0.29, 0.717) is 5.52 Å². The van der Waals surface area contributed by atoms with Gasteiger partial charge in [-0.3, -0.25) is 18.9 Å². The summed E-state index contributed by atoms with van der Waals surface area (Å²) in [6, 6.07) is 12.2. The summed E-state index contributed by atoms with van der Waals surface area (Å²) in [6.07, 6.45) is -0.0100. The molecule has 2 aromatic heterocycles. The maximum absolute atomic E-state index is 14.5. The van der Waals surface area contributed by atoms with E-state index < -0.39 is 74.1 Å². The number of nitriles is 1. The van der Waals surface area contributed by atoms with E-state index in [9.17, 15) is 24.2 Å². The lowest BCUT2D eigenvalue weighted by molar-refractivity contribution is -0.173. The van der Waals surface area contributed by atoms with Crippen LogP contribution in [-0.2, 0) is 42.4 Å². The number of hydrogen-bond donors (Lipinski definition) is 2. The zero-order valence-corrected chi connectivity index (χ0v) is 30.0. The van der Waals surface area contributed by atoms with Crippen molar-refractivity contribution in [3.05, 3.63) is 54.5 Å². The van der Waals surface area contributed by atoms with Crippen LogP contribution in [0.3, 0.4) is 0 Å². The number of nitrogens with one attached hydrogen (secondary N) is 1. The average Bonchev–Trinajstić information content (AvgIpc) is 3.84. The van der Waals surface area contributed by atoms with Crippen molar-refractivity contribution >= 4 is 37.0 Å². The highest BCUT2D eigenvalue weighted by Gasteiger charge is 2.62. The highest BCUT2D eigenvalue weighted by molar-refractivity contribution is 7.52. The van der Waals surface area contributed by atoms with Gasteiger partial charge < -0.3 is 29.2 Å². The highest BCUT2D eigenvalue weighted by atomic mass is 31.2. The zero-order chi connectivity index (χ0) is 36.9. The van der Waals surface area contributed by atoms with Crippen molar-refractivity contribution in [2.75, 3.05) is 12.3 Å². The van der Waals surface area contributed by atoms with Gasteiger partial charge in [0.2, 0.25) is 5.60 Å². The van der Waals surface area contributed by atoms with Crippen LogP contribution in [0, 0.1) is 23.2 Å². The Labute approximate surface area is 295 Å². The van der Waals surface area contributed by atoms with Crippen LogP contribution in [-0.4, -0.2) is 69.1 Å². The number of nitrogen functional groups attached to an aromatic ring is 1. The van der Waals surface area contributed by atoms with Crippen LogP contribution in [0.1, 0.15) is 72.1 Å². The van der Waals surface area contributed by atoms with Gasteiger partial charge in [0, 0.05) is 0 Å². The summed E-state index contributed by atoms with van der Waals surface area (Å²) in [5, 5.41) is 17.7. The molecule has 3 N–H and O–H groups in total. The van der Waals surface area contributed by atoms with Gasteiger partial charge >= 0.3 is 25.7 Å². The number of aromatic nitrogens is 3. The minimum Gasteiger partial charge on any atom is -0.461 e. The monoisotopic (exact) mass is 726 g/mol. The zero-order valence-electron chi connectivity index (χ0n) is 29.1. The van der Waals surface area contributed by atoms with E-state index in [1.807, 2.05) is 6.07 Å². The average molecular weight is 727 g/mol. The van der Waals surface area contributed by atoms with Gasteiger partial charge in [-0.05, 0) is 56.9 Å². The number of carbonyl (C=O) groups is 3. The van der Waals surface area contributed by atoms with E-state index >= 15 is 0 Å². The van der Waals surface area contributed by atoms with Crippen molar-refractivity contribution < 1.29 is 46.9 Å². The topological polar surface area (TPSA) is 216 Å². The van der Waals surface area contributed by atoms with Crippen molar-refractivity contribution in [1.82, 2.24) is 19.7 Å². The molecule has 0 amide bonds. The molecule has 2 fully saturated rings. The van der Waals surface area contributed by atoms with Gasteiger partial charge in [0.1, 0.15) is 48.5 Å². The number of hydrogen-bond acceptors (Lipinski definition) is 14. The second kappa shape index (κ2) is 15.8. The Morgan fingerprint density at radius 2 is 1.69 bits per heavy atom. The molecule has 0 spiro atoms. The second-order valence-electron chi connectivity index (χ2n) is 13.2. The lowest BCUT2D eigenvalue weighted by Crippen LogP contribution is -2.50. The van der Waals surface area contributed by atoms with Crippen LogP contribution >= 0.6 is 7.75 Å². The molecule has 2 aliphatic rings. The SMILES string of the molecule is CC(C)C(=O)O[C@H]1[C@H](c2ccc3c(N)ncnn23)O[C@](C#N)(COP(=O)(NC(C)C(=O)OC2CCCC2)Oc2ccccc2)[C@H]1OC(=O)C(C)C. The third kappa shape index (κ3) is 8.50. The summed E-state index contributed by atoms with van der Waals surface area (Å²) < 4.78 is 51.4. The molecule has 0 bridgehead atoms. The first kappa shape index (κ1) is 37.7. The van der Waals surface area contributed by atoms with Gasteiger partial charge in [-0.1, -0.05) is 45.9 Å². The molecule has 1 aromatic carbocycles. The van der Waals surface area contributed by atoms with E-state index in [-0.39, 0.29) is 23.4 Å². The van der Waals surface area contributed by atoms with Crippen molar-refractivity contribution in [3.8, 4) is 11.8 Å². The molecule has 1 saturated heterocycles. The Balaban J connectivity index is 1.53. The molecule has 3 heterocycles. The molecule has 274 valence electrons. The van der Waals surface area contributed by atoms with Crippen LogP contribution in [0.5, 0.6) is 5.75 Å². The van der Waals surface area contributed by atoms with Crippen LogP contribution in [0.15, 0.2) is 48.8 Å². The summed E-state index contributed by atoms with van der Waals surface area (Å²) in [6.45, 7) is 7.02. The first-order valence-corrected chi connectivity index (χ1v) is 18.4. The van der Waals surface area contributed by atoms with Crippen molar-refractivity contribution in [3.63, 3.8) is 0 Å². The minimum absolute atomic E-state index is 0.129. The quantitative estimate of drug-likeness (QED) is 0.133. The van der Waals surface area contributed by atoms with Gasteiger partial charge in [0.15, 0.2) is 18.0 Å². The number of anilines is 1. The lowest BCUT2D eigenvalue weighted by atomic mass is 9.95. The molecule has 1 saturated carbocycles. The Bertz CT molecular complexity index is 1810. The first-order chi connectivity index (χ1) is 24.3. The van der Waals surface area contributed by atoms with Crippen LogP contribution < -0.4 is 15.3 Å².